The Balaban J connectivity index is 3.33. The highest BCUT2D eigenvalue weighted by Gasteiger charge is 2.22. The second-order valence-corrected chi connectivity index (χ2v) is 5.46. The molecule has 110 valence electrons. The smallest absolute Gasteiger partial charge is 0.335 e. The van der Waals surface area contributed by atoms with Crippen molar-refractivity contribution in [2.45, 2.75) is 24.3 Å². The van der Waals surface area contributed by atoms with Crippen LogP contribution < -0.4 is 15.6 Å². The van der Waals surface area contributed by atoms with Crippen molar-refractivity contribution >= 4 is 21.9 Å². The van der Waals surface area contributed by atoms with Crippen LogP contribution in [0.4, 0.5) is 0 Å². The number of carboxylic acid groups (broad SMARTS) is 1. The number of sulfonamides is 1. The zero-order chi connectivity index (χ0) is 15.5. The van der Waals surface area contributed by atoms with Crippen LogP contribution in [0.15, 0.2) is 23.1 Å². The minimum atomic E-state index is -4.21. The Bertz CT molecular complexity index is 640. The molecule has 0 bridgehead atoms. The summed E-state index contributed by atoms with van der Waals surface area (Å²) >= 11 is 0. The fourth-order valence-corrected chi connectivity index (χ4v) is 2.14. The van der Waals surface area contributed by atoms with E-state index in [0.717, 1.165) is 18.2 Å². The fraction of sp³-hybridized carbons (Fsp3) is 0.273. The van der Waals surface area contributed by atoms with E-state index in [4.69, 9.17) is 20.7 Å². The molecule has 0 aliphatic carbocycles. The van der Waals surface area contributed by atoms with Crippen molar-refractivity contribution in [2.75, 3.05) is 0 Å². The van der Waals surface area contributed by atoms with Gasteiger partial charge in [-0.25, -0.2) is 18.4 Å². The number of primary amides is 1. The van der Waals surface area contributed by atoms with Gasteiger partial charge in [0, 0.05) is 0 Å². The van der Waals surface area contributed by atoms with Crippen LogP contribution in [0.3, 0.4) is 0 Å². The van der Waals surface area contributed by atoms with Crippen molar-refractivity contribution in [3.63, 3.8) is 0 Å². The van der Waals surface area contributed by atoms with Gasteiger partial charge in [-0.3, -0.25) is 4.79 Å². The van der Waals surface area contributed by atoms with E-state index < -0.39 is 32.9 Å². The molecule has 1 aromatic carbocycles. The first-order valence-electron chi connectivity index (χ1n) is 5.53. The number of carboxylic acids is 1. The highest BCUT2D eigenvalue weighted by atomic mass is 32.2. The minimum Gasteiger partial charge on any atom is -0.479 e. The first kappa shape index (κ1) is 15.9. The number of hydrogen-bond acceptors (Lipinski definition) is 5. The van der Waals surface area contributed by atoms with Crippen LogP contribution in [0.5, 0.6) is 5.75 Å². The summed E-state index contributed by atoms with van der Waals surface area (Å²) in [5.74, 6) is -2.30. The summed E-state index contributed by atoms with van der Waals surface area (Å²) in [6.07, 6.45) is -0.814. The van der Waals surface area contributed by atoms with Crippen LogP contribution >= 0.6 is 0 Å². The van der Waals surface area contributed by atoms with Crippen molar-refractivity contribution in [3.8, 4) is 5.75 Å². The molecule has 0 aliphatic heterocycles. The lowest BCUT2D eigenvalue weighted by molar-refractivity contribution is -0.124. The van der Waals surface area contributed by atoms with Gasteiger partial charge in [-0.15, -0.1) is 0 Å². The standard InChI is InChI=1S/C11H14N2O6S/c1-2-7(10(12)14)19-8-4-3-6(11(15)16)5-9(8)20(13,17)18/h3-5,7H,2H2,1H3,(H2,12,14)(H,15,16)(H2,13,17,18). The molecule has 0 fully saturated rings. The largest absolute Gasteiger partial charge is 0.479 e. The molecule has 1 unspecified atom stereocenters. The maximum Gasteiger partial charge on any atom is 0.335 e. The molecule has 0 heterocycles. The van der Waals surface area contributed by atoms with E-state index in [2.05, 4.69) is 0 Å². The van der Waals surface area contributed by atoms with Gasteiger partial charge in [-0.2, -0.15) is 0 Å². The normalized spacial score (nSPS) is 12.7. The lowest BCUT2D eigenvalue weighted by Gasteiger charge is -2.16. The molecule has 1 aromatic rings. The fourth-order valence-electron chi connectivity index (χ4n) is 1.46. The Hall–Kier alpha value is -2.13. The predicted octanol–water partition coefficient (Wildman–Crippen LogP) is -0.325. The first-order valence-corrected chi connectivity index (χ1v) is 7.07. The highest BCUT2D eigenvalue weighted by Crippen LogP contribution is 2.25. The van der Waals surface area contributed by atoms with E-state index in [1.54, 1.807) is 6.92 Å². The Morgan fingerprint density at radius 2 is 2.00 bits per heavy atom. The second kappa shape index (κ2) is 5.88. The van der Waals surface area contributed by atoms with Gasteiger partial charge in [-0.1, -0.05) is 6.92 Å². The molecule has 1 atom stereocenters. The Morgan fingerprint density at radius 3 is 2.40 bits per heavy atom. The van der Waals surface area contributed by atoms with E-state index in [9.17, 15) is 18.0 Å². The van der Waals surface area contributed by atoms with E-state index in [0.29, 0.717) is 0 Å². The molecule has 5 N–H and O–H groups in total. The maximum atomic E-state index is 11.5. The first-order chi connectivity index (χ1) is 9.16. The predicted molar refractivity (Wildman–Crippen MR) is 68.7 cm³/mol. The number of nitrogens with two attached hydrogens (primary N) is 2. The third kappa shape index (κ3) is 3.68. The van der Waals surface area contributed by atoms with Gasteiger partial charge in [0.25, 0.3) is 5.91 Å². The van der Waals surface area contributed by atoms with Crippen LogP contribution in [-0.4, -0.2) is 31.5 Å². The molecule has 0 saturated heterocycles. The van der Waals surface area contributed by atoms with Gasteiger partial charge >= 0.3 is 5.97 Å². The zero-order valence-corrected chi connectivity index (χ0v) is 11.4. The monoisotopic (exact) mass is 302 g/mol. The van der Waals surface area contributed by atoms with E-state index in [-0.39, 0.29) is 17.7 Å². The molecule has 9 heteroatoms. The summed E-state index contributed by atoms with van der Waals surface area (Å²) in [6.45, 7) is 1.62. The van der Waals surface area contributed by atoms with Gasteiger partial charge in [0.1, 0.15) is 10.6 Å². The number of aromatic carboxylic acids is 1. The zero-order valence-electron chi connectivity index (χ0n) is 10.6. The number of benzene rings is 1. The third-order valence-electron chi connectivity index (χ3n) is 2.45. The van der Waals surface area contributed by atoms with Gasteiger partial charge in [0.2, 0.25) is 10.0 Å². The van der Waals surface area contributed by atoms with Crippen molar-refractivity contribution in [3.05, 3.63) is 23.8 Å². The molecule has 20 heavy (non-hydrogen) atoms. The number of primary sulfonamides is 1. The molecule has 1 rings (SSSR count). The van der Waals surface area contributed by atoms with Gasteiger partial charge in [0.05, 0.1) is 5.56 Å². The van der Waals surface area contributed by atoms with Crippen LogP contribution in [0.2, 0.25) is 0 Å². The van der Waals surface area contributed by atoms with Gasteiger partial charge < -0.3 is 15.6 Å². The average Bonchev–Trinajstić information content (AvgIpc) is 2.34. The Morgan fingerprint density at radius 1 is 1.40 bits per heavy atom. The van der Waals surface area contributed by atoms with E-state index in [1.165, 1.54) is 0 Å². The van der Waals surface area contributed by atoms with Crippen molar-refractivity contribution < 1.29 is 27.9 Å². The molecule has 0 radical (unpaired) electrons. The summed E-state index contributed by atoms with van der Waals surface area (Å²) in [5, 5.41) is 13.8. The van der Waals surface area contributed by atoms with Crippen molar-refractivity contribution in [2.24, 2.45) is 10.9 Å². The Kier molecular flexibility index (Phi) is 4.69. The summed E-state index contributed by atoms with van der Waals surface area (Å²) in [5.41, 5.74) is 4.82. The molecule has 0 saturated carbocycles. The van der Waals surface area contributed by atoms with Crippen LogP contribution in [0.1, 0.15) is 23.7 Å². The molecule has 0 aliphatic rings. The van der Waals surface area contributed by atoms with E-state index >= 15 is 0 Å². The number of rotatable bonds is 6. The van der Waals surface area contributed by atoms with Crippen LogP contribution in [0.25, 0.3) is 0 Å². The molecular formula is C11H14N2O6S. The SMILES string of the molecule is CCC(Oc1ccc(C(=O)O)cc1S(N)(=O)=O)C(N)=O. The molecular weight excluding hydrogens is 288 g/mol. The van der Waals surface area contributed by atoms with Crippen molar-refractivity contribution in [1.29, 1.82) is 0 Å². The summed E-state index contributed by atoms with van der Waals surface area (Å²) < 4.78 is 28.1. The lowest BCUT2D eigenvalue weighted by atomic mass is 10.2. The topological polar surface area (TPSA) is 150 Å². The maximum absolute atomic E-state index is 11.5. The van der Waals surface area contributed by atoms with Crippen molar-refractivity contribution in [1.82, 2.24) is 0 Å². The minimum absolute atomic E-state index is 0.219. The number of ether oxygens (including phenoxy) is 1. The number of hydrogen-bond donors (Lipinski definition) is 3. The molecule has 0 aromatic heterocycles. The quantitative estimate of drug-likeness (QED) is 0.655. The molecule has 8 nitrogen and oxygen atoms in total. The number of amides is 1. The van der Waals surface area contributed by atoms with Crippen LogP contribution in [0, 0.1) is 0 Å². The lowest BCUT2D eigenvalue weighted by Crippen LogP contribution is -2.33. The Labute approximate surface area is 115 Å². The summed E-state index contributed by atoms with van der Waals surface area (Å²) in [4.78, 5) is 21.4. The van der Waals surface area contributed by atoms with Gasteiger partial charge in [0.15, 0.2) is 6.10 Å². The molecule has 0 spiro atoms. The molecule has 1 amide bonds. The van der Waals surface area contributed by atoms with Crippen LogP contribution in [-0.2, 0) is 14.8 Å². The van der Waals surface area contributed by atoms with E-state index in [1.807, 2.05) is 0 Å². The summed E-state index contributed by atoms with van der Waals surface area (Å²) in [7, 11) is -4.21. The average molecular weight is 302 g/mol. The third-order valence-corrected chi connectivity index (χ3v) is 3.39. The number of carbonyl (C=O) groups is 2. The summed E-state index contributed by atoms with van der Waals surface area (Å²) in [6, 6.07) is 3.12. The van der Waals surface area contributed by atoms with Gasteiger partial charge in [-0.05, 0) is 24.6 Å². The second-order valence-electron chi connectivity index (χ2n) is 3.93. The number of carbonyl (C=O) groups excluding carboxylic acids is 1. The highest BCUT2D eigenvalue weighted by molar-refractivity contribution is 7.89.